The van der Waals surface area contributed by atoms with Crippen molar-refractivity contribution in [3.8, 4) is 5.75 Å². The number of halogens is 1. The van der Waals surface area contributed by atoms with Gasteiger partial charge in [-0.1, -0.05) is 29.8 Å². The van der Waals surface area contributed by atoms with E-state index in [1.165, 1.54) is 10.4 Å². The third kappa shape index (κ3) is 5.33. The van der Waals surface area contributed by atoms with Crippen LogP contribution in [0.15, 0.2) is 53.4 Å². The molecule has 1 aliphatic rings. The maximum absolute atomic E-state index is 12.6. The van der Waals surface area contributed by atoms with E-state index in [4.69, 9.17) is 16.3 Å². The average molecular weight is 441 g/mol. The molecule has 0 spiro atoms. The number of nitrogens with zero attached hydrogens (tertiary/aromatic N) is 1. The number of sulfonamides is 1. The molecule has 1 atom stereocenters. The molecule has 0 unspecified atom stereocenters. The number of carbonyl (C=O) groups excluding carboxylic acids is 1. The van der Waals surface area contributed by atoms with Crippen molar-refractivity contribution in [2.75, 3.05) is 29.4 Å². The summed E-state index contributed by atoms with van der Waals surface area (Å²) in [4.78, 5) is 13.7. The van der Waals surface area contributed by atoms with Crippen LogP contribution in [0.2, 0.25) is 5.02 Å². The Hall–Kier alpha value is -1.90. The number of rotatable bonds is 6. The molecule has 3 rings (SSSR count). The maximum Gasteiger partial charge on any atom is 0.261 e. The fourth-order valence-corrected chi connectivity index (χ4v) is 4.75. The van der Waals surface area contributed by atoms with Gasteiger partial charge in [-0.15, -0.1) is 11.8 Å². The van der Waals surface area contributed by atoms with Crippen LogP contribution in [-0.4, -0.2) is 45.5 Å². The van der Waals surface area contributed by atoms with Crippen molar-refractivity contribution in [2.24, 2.45) is 0 Å². The number of fused-ring (bicyclic) bond motifs is 1. The number of amides is 1. The second kappa shape index (κ2) is 9.07. The molecule has 6 nitrogen and oxygen atoms in total. The molecule has 2 aromatic carbocycles. The number of hydrogen-bond acceptors (Lipinski definition) is 5. The molecule has 1 heterocycles. The number of hydrogen-bond donors (Lipinski definition) is 1. The summed E-state index contributed by atoms with van der Waals surface area (Å²) in [6.45, 7) is 0.630. The zero-order valence-corrected chi connectivity index (χ0v) is 17.7. The van der Waals surface area contributed by atoms with Gasteiger partial charge in [-0.05, 0) is 30.3 Å². The summed E-state index contributed by atoms with van der Waals surface area (Å²) in [6, 6.07) is 14.7. The fraction of sp³-hybridized carbons (Fsp3) is 0.316. The third-order valence-corrected chi connectivity index (χ3v) is 6.59. The van der Waals surface area contributed by atoms with Crippen molar-refractivity contribution in [3.05, 3.63) is 53.6 Å². The van der Waals surface area contributed by atoms with Crippen molar-refractivity contribution in [1.29, 1.82) is 0 Å². The number of carbonyl (C=O) groups is 1. The van der Waals surface area contributed by atoms with E-state index in [2.05, 4.69) is 5.32 Å². The molecule has 1 amide bonds. The second-order valence-electron chi connectivity index (χ2n) is 6.29. The molecule has 0 saturated carbocycles. The van der Waals surface area contributed by atoms with Crippen LogP contribution in [-0.2, 0) is 14.8 Å². The largest absolute Gasteiger partial charge is 0.478 e. The van der Waals surface area contributed by atoms with Gasteiger partial charge < -0.3 is 10.1 Å². The summed E-state index contributed by atoms with van der Waals surface area (Å²) in [7, 11) is -3.52. The molecule has 0 aliphatic carbocycles. The normalized spacial score (nSPS) is 16.6. The summed E-state index contributed by atoms with van der Waals surface area (Å²) < 4.78 is 31.4. The van der Waals surface area contributed by atoms with E-state index in [0.29, 0.717) is 23.0 Å². The van der Waals surface area contributed by atoms with Gasteiger partial charge in [0.2, 0.25) is 10.0 Å². The number of nitrogens with one attached hydrogen (secondary N) is 1. The van der Waals surface area contributed by atoms with Gasteiger partial charge >= 0.3 is 0 Å². The van der Waals surface area contributed by atoms with Gasteiger partial charge in [-0.2, -0.15) is 0 Å². The average Bonchev–Trinajstić information content (AvgIpc) is 2.85. The quantitative estimate of drug-likeness (QED) is 0.551. The number of ether oxygens (including phenoxy) is 1. The standard InChI is InChI=1S/C19H21ClN2O4S2/c1-28(24,25)22-11-9-18(26-17-8-7-14(20)13-16(17)22)19(23)21-10-12-27-15-5-3-2-4-6-15/h2-8,13,18H,9-12H2,1H3,(H,21,23)/t18-/m1/s1. The fourth-order valence-electron chi connectivity index (χ4n) is 2.85. The van der Waals surface area contributed by atoms with Gasteiger partial charge in [0.1, 0.15) is 5.75 Å². The first kappa shape index (κ1) is 20.8. The summed E-state index contributed by atoms with van der Waals surface area (Å²) in [6.07, 6.45) is 0.601. The summed E-state index contributed by atoms with van der Waals surface area (Å²) in [5, 5.41) is 3.27. The Morgan fingerprint density at radius 1 is 1.29 bits per heavy atom. The smallest absolute Gasteiger partial charge is 0.261 e. The van der Waals surface area contributed by atoms with Gasteiger partial charge in [0, 0.05) is 35.2 Å². The van der Waals surface area contributed by atoms with E-state index in [1.54, 1.807) is 23.9 Å². The zero-order valence-electron chi connectivity index (χ0n) is 15.3. The van der Waals surface area contributed by atoms with Crippen LogP contribution in [0.25, 0.3) is 0 Å². The van der Waals surface area contributed by atoms with Crippen molar-refractivity contribution in [2.45, 2.75) is 17.4 Å². The van der Waals surface area contributed by atoms with E-state index >= 15 is 0 Å². The first-order chi connectivity index (χ1) is 13.3. The van der Waals surface area contributed by atoms with E-state index in [1.807, 2.05) is 30.3 Å². The molecule has 1 N–H and O–H groups in total. The molecule has 28 heavy (non-hydrogen) atoms. The van der Waals surface area contributed by atoms with E-state index < -0.39 is 16.1 Å². The van der Waals surface area contributed by atoms with Crippen LogP contribution >= 0.6 is 23.4 Å². The SMILES string of the molecule is CS(=O)(=O)N1CC[C@H](C(=O)NCCSc2ccccc2)Oc2ccc(Cl)cc21. The molecule has 150 valence electrons. The van der Waals surface area contributed by atoms with Crippen LogP contribution in [0.1, 0.15) is 6.42 Å². The molecule has 0 bridgehead atoms. The van der Waals surface area contributed by atoms with Gasteiger partial charge in [-0.3, -0.25) is 9.10 Å². The first-order valence-electron chi connectivity index (χ1n) is 8.74. The maximum atomic E-state index is 12.6. The molecular weight excluding hydrogens is 420 g/mol. The summed E-state index contributed by atoms with van der Waals surface area (Å²) >= 11 is 7.67. The Morgan fingerprint density at radius 2 is 2.04 bits per heavy atom. The van der Waals surface area contributed by atoms with E-state index in [-0.39, 0.29) is 18.9 Å². The Bertz CT molecular complexity index is 938. The molecule has 0 aromatic heterocycles. The van der Waals surface area contributed by atoms with Crippen molar-refractivity contribution < 1.29 is 17.9 Å². The minimum absolute atomic E-state index is 0.142. The molecule has 0 radical (unpaired) electrons. The highest BCUT2D eigenvalue weighted by Crippen LogP contribution is 2.36. The molecule has 2 aromatic rings. The highest BCUT2D eigenvalue weighted by Gasteiger charge is 2.31. The first-order valence-corrected chi connectivity index (χ1v) is 12.0. The summed E-state index contributed by atoms with van der Waals surface area (Å²) in [5.41, 5.74) is 0.352. The van der Waals surface area contributed by atoms with Crippen LogP contribution in [0.4, 0.5) is 5.69 Å². The van der Waals surface area contributed by atoms with Crippen molar-refractivity contribution >= 4 is 45.0 Å². The number of anilines is 1. The minimum atomic E-state index is -3.52. The highest BCUT2D eigenvalue weighted by atomic mass is 35.5. The van der Waals surface area contributed by atoms with Gasteiger partial charge in [0.25, 0.3) is 5.91 Å². The Labute approximate surface area is 174 Å². The Morgan fingerprint density at radius 3 is 2.75 bits per heavy atom. The third-order valence-electron chi connectivity index (χ3n) is 4.16. The predicted octanol–water partition coefficient (Wildman–Crippen LogP) is 3.17. The molecule has 1 aliphatic heterocycles. The monoisotopic (exact) mass is 440 g/mol. The Kier molecular flexibility index (Phi) is 6.74. The molecule has 0 fully saturated rings. The summed E-state index contributed by atoms with van der Waals surface area (Å²) in [5.74, 6) is 0.792. The van der Waals surface area contributed by atoms with Crippen molar-refractivity contribution in [3.63, 3.8) is 0 Å². The lowest BCUT2D eigenvalue weighted by atomic mass is 10.2. The predicted molar refractivity (Wildman–Crippen MR) is 113 cm³/mol. The zero-order chi connectivity index (χ0) is 20.1. The van der Waals surface area contributed by atoms with Crippen LogP contribution in [0.5, 0.6) is 5.75 Å². The molecule has 9 heteroatoms. The van der Waals surface area contributed by atoms with E-state index in [9.17, 15) is 13.2 Å². The lowest BCUT2D eigenvalue weighted by molar-refractivity contribution is -0.127. The molecular formula is C19H21ClN2O4S2. The highest BCUT2D eigenvalue weighted by molar-refractivity contribution is 7.99. The van der Waals surface area contributed by atoms with Gasteiger partial charge in [0.15, 0.2) is 6.10 Å². The van der Waals surface area contributed by atoms with Crippen LogP contribution in [0.3, 0.4) is 0 Å². The van der Waals surface area contributed by atoms with E-state index in [0.717, 1.165) is 16.9 Å². The van der Waals surface area contributed by atoms with Crippen LogP contribution < -0.4 is 14.4 Å². The topological polar surface area (TPSA) is 75.7 Å². The van der Waals surface area contributed by atoms with Gasteiger partial charge in [0.05, 0.1) is 11.9 Å². The van der Waals surface area contributed by atoms with Gasteiger partial charge in [-0.25, -0.2) is 8.42 Å². The second-order valence-corrected chi connectivity index (χ2v) is 9.81. The van der Waals surface area contributed by atoms with Crippen LogP contribution in [0, 0.1) is 0 Å². The lowest BCUT2D eigenvalue weighted by Gasteiger charge is -2.21. The lowest BCUT2D eigenvalue weighted by Crippen LogP contribution is -2.40. The Balaban J connectivity index is 1.63. The molecule has 0 saturated heterocycles. The number of benzene rings is 2. The minimum Gasteiger partial charge on any atom is -0.478 e. The number of thioether (sulfide) groups is 1. The van der Waals surface area contributed by atoms with Crippen molar-refractivity contribution in [1.82, 2.24) is 5.32 Å².